The number of nitrogens with zero attached hydrogens (tertiary/aromatic N) is 1. The van der Waals surface area contributed by atoms with Crippen LogP contribution >= 0.6 is 0 Å². The highest BCUT2D eigenvalue weighted by Crippen LogP contribution is 2.31. The Morgan fingerprint density at radius 1 is 1.22 bits per heavy atom. The second-order valence-corrected chi connectivity index (χ2v) is 4.73. The second-order valence-electron chi connectivity index (χ2n) is 4.73. The van der Waals surface area contributed by atoms with Gasteiger partial charge in [-0.1, -0.05) is 13.8 Å². The summed E-state index contributed by atoms with van der Waals surface area (Å²) in [7, 11) is 4.63. The molecule has 0 saturated carbocycles. The van der Waals surface area contributed by atoms with Crippen LogP contribution in [-0.4, -0.2) is 31.7 Å². The molecule has 0 unspecified atom stereocenters. The summed E-state index contributed by atoms with van der Waals surface area (Å²) >= 11 is 0. The molecule has 0 amide bonds. The van der Waals surface area contributed by atoms with E-state index in [2.05, 4.69) is 27.9 Å². The average Bonchev–Trinajstić information content (AvgIpc) is 1.78. The lowest BCUT2D eigenvalue weighted by Crippen LogP contribution is -2.37. The van der Waals surface area contributed by atoms with E-state index in [9.17, 15) is 0 Å². The van der Waals surface area contributed by atoms with E-state index >= 15 is 0 Å². The molecular weight excluding hydrogens is 110 g/mol. The zero-order chi connectivity index (χ0) is 7.12. The molecular formula is C8H18N+. The molecule has 54 valence electrons. The lowest BCUT2D eigenvalue weighted by Gasteiger charge is -2.25. The van der Waals surface area contributed by atoms with Crippen LogP contribution in [0, 0.1) is 5.41 Å². The topological polar surface area (TPSA) is 0 Å². The van der Waals surface area contributed by atoms with E-state index in [1.807, 2.05) is 0 Å². The van der Waals surface area contributed by atoms with Gasteiger partial charge in [-0.3, -0.25) is 0 Å². The highest BCUT2D eigenvalue weighted by molar-refractivity contribution is 4.72. The monoisotopic (exact) mass is 128 g/mol. The first kappa shape index (κ1) is 7.07. The Hall–Kier alpha value is -0.0400. The van der Waals surface area contributed by atoms with Gasteiger partial charge in [0.15, 0.2) is 0 Å². The normalized spacial score (nSPS) is 30.7. The van der Waals surface area contributed by atoms with E-state index in [1.165, 1.54) is 24.0 Å². The van der Waals surface area contributed by atoms with Crippen molar-refractivity contribution in [1.82, 2.24) is 0 Å². The third-order valence-corrected chi connectivity index (χ3v) is 2.25. The van der Waals surface area contributed by atoms with Gasteiger partial charge in [-0.05, 0) is 0 Å². The molecule has 9 heavy (non-hydrogen) atoms. The van der Waals surface area contributed by atoms with Gasteiger partial charge < -0.3 is 4.48 Å². The largest absolute Gasteiger partial charge is 0.328 e. The third-order valence-electron chi connectivity index (χ3n) is 2.25. The number of quaternary nitrogens is 1. The Bertz CT molecular complexity index is 99.7. The van der Waals surface area contributed by atoms with Gasteiger partial charge in [-0.2, -0.15) is 0 Å². The third kappa shape index (κ3) is 1.68. The van der Waals surface area contributed by atoms with Gasteiger partial charge in [-0.25, -0.2) is 0 Å². The maximum absolute atomic E-state index is 2.36. The fourth-order valence-electron chi connectivity index (χ4n) is 1.92. The molecule has 0 aromatic heterocycles. The summed E-state index contributed by atoms with van der Waals surface area (Å²) < 4.78 is 1.22. The molecule has 1 nitrogen and oxygen atoms in total. The van der Waals surface area contributed by atoms with Crippen molar-refractivity contribution in [1.29, 1.82) is 0 Å². The van der Waals surface area contributed by atoms with E-state index in [0.717, 1.165) is 0 Å². The molecule has 1 rings (SSSR count). The molecule has 0 spiro atoms. The number of likely N-dealkylation sites (tertiary alicyclic amines) is 1. The summed E-state index contributed by atoms with van der Waals surface area (Å²) in [6.07, 6.45) is 1.39. The van der Waals surface area contributed by atoms with Crippen LogP contribution in [0.15, 0.2) is 0 Å². The van der Waals surface area contributed by atoms with Gasteiger partial charge in [0.2, 0.25) is 0 Å². The minimum atomic E-state index is 0.601. The fraction of sp³-hybridized carbons (Fsp3) is 1.00. The minimum Gasteiger partial charge on any atom is -0.328 e. The molecule has 1 saturated heterocycles. The Morgan fingerprint density at radius 3 is 1.89 bits per heavy atom. The Kier molecular flexibility index (Phi) is 1.35. The Balaban J connectivity index is 2.58. The number of rotatable bonds is 0. The molecule has 0 atom stereocenters. The summed E-state index contributed by atoms with van der Waals surface area (Å²) in [5.74, 6) is 0. The zero-order valence-corrected chi connectivity index (χ0v) is 7.07. The zero-order valence-electron chi connectivity index (χ0n) is 7.07. The van der Waals surface area contributed by atoms with Crippen LogP contribution in [0.25, 0.3) is 0 Å². The first-order valence-corrected chi connectivity index (χ1v) is 3.73. The predicted octanol–water partition coefficient (Wildman–Crippen LogP) is 1.49. The summed E-state index contributed by atoms with van der Waals surface area (Å²) in [5.41, 5.74) is 0.601. The van der Waals surface area contributed by atoms with Crippen molar-refractivity contribution in [2.24, 2.45) is 5.41 Å². The lowest BCUT2D eigenvalue weighted by atomic mass is 9.93. The van der Waals surface area contributed by atoms with Gasteiger partial charge in [0, 0.05) is 11.8 Å². The van der Waals surface area contributed by atoms with Crippen LogP contribution in [0.2, 0.25) is 0 Å². The summed E-state index contributed by atoms with van der Waals surface area (Å²) in [6, 6.07) is 0. The fourth-order valence-corrected chi connectivity index (χ4v) is 1.92. The molecule has 1 aliphatic rings. The van der Waals surface area contributed by atoms with E-state index < -0.39 is 0 Å². The molecule has 0 aliphatic carbocycles. The molecule has 0 aromatic carbocycles. The van der Waals surface area contributed by atoms with Crippen LogP contribution in [0.3, 0.4) is 0 Å². The Labute approximate surface area is 58.3 Å². The summed E-state index contributed by atoms with van der Waals surface area (Å²) in [4.78, 5) is 0. The smallest absolute Gasteiger partial charge is 0.0836 e. The van der Waals surface area contributed by atoms with Crippen molar-refractivity contribution in [3.8, 4) is 0 Å². The van der Waals surface area contributed by atoms with Crippen LogP contribution in [0.1, 0.15) is 20.3 Å². The van der Waals surface area contributed by atoms with Gasteiger partial charge in [0.05, 0.1) is 27.2 Å². The highest BCUT2D eigenvalue weighted by Gasteiger charge is 2.36. The van der Waals surface area contributed by atoms with Crippen LogP contribution in [-0.2, 0) is 0 Å². The van der Waals surface area contributed by atoms with E-state index in [-0.39, 0.29) is 0 Å². The quantitative estimate of drug-likeness (QED) is 0.434. The van der Waals surface area contributed by atoms with Gasteiger partial charge in [0.25, 0.3) is 0 Å². The molecule has 1 fully saturated rings. The van der Waals surface area contributed by atoms with Gasteiger partial charge >= 0.3 is 0 Å². The minimum absolute atomic E-state index is 0.601. The van der Waals surface area contributed by atoms with Crippen LogP contribution in [0.5, 0.6) is 0 Å². The SMILES string of the molecule is CC1(C)CC[N+](C)(C)C1. The summed E-state index contributed by atoms with van der Waals surface area (Å²) in [5, 5.41) is 0. The van der Waals surface area contributed by atoms with E-state index in [4.69, 9.17) is 0 Å². The van der Waals surface area contributed by atoms with Gasteiger partial charge in [-0.15, -0.1) is 0 Å². The van der Waals surface area contributed by atoms with Crippen molar-refractivity contribution < 1.29 is 4.48 Å². The van der Waals surface area contributed by atoms with Crippen molar-refractivity contribution in [3.05, 3.63) is 0 Å². The molecule has 1 heterocycles. The van der Waals surface area contributed by atoms with Crippen LogP contribution < -0.4 is 0 Å². The molecule has 0 radical (unpaired) electrons. The van der Waals surface area contributed by atoms with Crippen molar-refractivity contribution in [2.75, 3.05) is 27.2 Å². The van der Waals surface area contributed by atoms with Gasteiger partial charge in [0.1, 0.15) is 0 Å². The second kappa shape index (κ2) is 1.72. The first-order chi connectivity index (χ1) is 3.91. The van der Waals surface area contributed by atoms with Crippen molar-refractivity contribution in [3.63, 3.8) is 0 Å². The van der Waals surface area contributed by atoms with Crippen LogP contribution in [0.4, 0.5) is 0 Å². The summed E-state index contributed by atoms with van der Waals surface area (Å²) in [6.45, 7) is 7.42. The van der Waals surface area contributed by atoms with E-state index in [0.29, 0.717) is 5.41 Å². The lowest BCUT2D eigenvalue weighted by molar-refractivity contribution is -0.880. The number of hydrogen-bond donors (Lipinski definition) is 0. The number of hydrogen-bond acceptors (Lipinski definition) is 0. The molecule has 1 heteroatoms. The maximum atomic E-state index is 2.36. The predicted molar refractivity (Wildman–Crippen MR) is 40.2 cm³/mol. The Morgan fingerprint density at radius 2 is 1.78 bits per heavy atom. The molecule has 1 aliphatic heterocycles. The maximum Gasteiger partial charge on any atom is 0.0836 e. The highest BCUT2D eigenvalue weighted by atomic mass is 15.3. The van der Waals surface area contributed by atoms with Crippen molar-refractivity contribution in [2.45, 2.75) is 20.3 Å². The molecule has 0 N–H and O–H groups in total. The van der Waals surface area contributed by atoms with E-state index in [1.54, 1.807) is 0 Å². The first-order valence-electron chi connectivity index (χ1n) is 3.73. The molecule has 0 bridgehead atoms. The van der Waals surface area contributed by atoms with Crippen molar-refractivity contribution >= 4 is 0 Å². The molecule has 0 aromatic rings. The average molecular weight is 128 g/mol. The standard InChI is InChI=1S/C8H18N/c1-8(2)5-6-9(3,4)7-8/h5-7H2,1-4H3/q+1.